The molecule has 0 heterocycles. The summed E-state index contributed by atoms with van der Waals surface area (Å²) in [6.07, 6.45) is 0. The summed E-state index contributed by atoms with van der Waals surface area (Å²) in [5.41, 5.74) is 6.03. The van der Waals surface area contributed by atoms with Gasteiger partial charge in [0.2, 0.25) is 5.91 Å². The maximum atomic E-state index is 12.6. The molecule has 2 rings (SSSR count). The fourth-order valence-electron chi connectivity index (χ4n) is 2.38. The van der Waals surface area contributed by atoms with Gasteiger partial charge >= 0.3 is 6.61 Å². The first-order valence-electron chi connectivity index (χ1n) is 7.51. The third kappa shape index (κ3) is 5.14. The van der Waals surface area contributed by atoms with Crippen molar-refractivity contribution in [3.8, 4) is 5.75 Å². The van der Waals surface area contributed by atoms with Gasteiger partial charge in [0.1, 0.15) is 11.3 Å². The third-order valence-corrected chi connectivity index (χ3v) is 3.79. The summed E-state index contributed by atoms with van der Waals surface area (Å²) in [7, 11) is 0. The van der Waals surface area contributed by atoms with Crippen LogP contribution in [0.2, 0.25) is 0 Å². The van der Waals surface area contributed by atoms with Crippen LogP contribution in [0, 0.1) is 0 Å². The molecule has 25 heavy (non-hydrogen) atoms. The van der Waals surface area contributed by atoms with E-state index >= 15 is 0 Å². The molecule has 136 valence electrons. The van der Waals surface area contributed by atoms with Gasteiger partial charge in [0.15, 0.2) is 0 Å². The highest BCUT2D eigenvalue weighted by Crippen LogP contribution is 2.27. The number of hydrogen-bond acceptors (Lipinski definition) is 3. The van der Waals surface area contributed by atoms with Gasteiger partial charge in [-0.15, -0.1) is 12.4 Å². The number of benzene rings is 2. The molecule has 0 saturated carbocycles. The fraction of sp³-hybridized carbons (Fsp3) is 0.278. The van der Waals surface area contributed by atoms with Crippen molar-refractivity contribution in [3.63, 3.8) is 0 Å². The summed E-state index contributed by atoms with van der Waals surface area (Å²) in [6, 6.07) is 14.7. The van der Waals surface area contributed by atoms with E-state index < -0.39 is 24.1 Å². The number of nitrogens with two attached hydrogens (primary N) is 1. The van der Waals surface area contributed by atoms with Crippen LogP contribution in [0.3, 0.4) is 0 Å². The highest BCUT2D eigenvalue weighted by atomic mass is 35.5. The SMILES string of the molecule is CC(NC(=O)C(C)(N)c1ccccc1)c1ccccc1OC(F)F.Cl. The second-order valence-corrected chi connectivity index (χ2v) is 5.68. The lowest BCUT2D eigenvalue weighted by Crippen LogP contribution is -2.49. The molecule has 1 amide bonds. The molecule has 3 N–H and O–H groups in total. The van der Waals surface area contributed by atoms with Crippen molar-refractivity contribution < 1.29 is 18.3 Å². The number of nitrogens with one attached hydrogen (secondary N) is 1. The van der Waals surface area contributed by atoms with Crippen LogP contribution < -0.4 is 15.8 Å². The first-order chi connectivity index (χ1) is 11.3. The molecule has 0 aliphatic carbocycles. The van der Waals surface area contributed by atoms with Crippen molar-refractivity contribution in [1.82, 2.24) is 5.32 Å². The molecule has 0 aliphatic rings. The van der Waals surface area contributed by atoms with E-state index in [1.54, 1.807) is 56.3 Å². The van der Waals surface area contributed by atoms with Crippen molar-refractivity contribution in [1.29, 1.82) is 0 Å². The number of hydrogen-bond donors (Lipinski definition) is 2. The summed E-state index contributed by atoms with van der Waals surface area (Å²) < 4.78 is 29.5. The van der Waals surface area contributed by atoms with E-state index in [-0.39, 0.29) is 18.2 Å². The zero-order chi connectivity index (χ0) is 17.7. The standard InChI is InChI=1S/C18H20F2N2O2.ClH/c1-12(14-10-6-7-11-15(14)24-17(19)20)22-16(23)18(2,21)13-8-4-3-5-9-13;/h3-12,17H,21H2,1-2H3,(H,22,23);1H. The summed E-state index contributed by atoms with van der Waals surface area (Å²) in [4.78, 5) is 12.6. The predicted octanol–water partition coefficient (Wildman–Crippen LogP) is 3.76. The molecule has 0 aromatic heterocycles. The number of para-hydroxylation sites is 1. The molecular weight excluding hydrogens is 350 g/mol. The van der Waals surface area contributed by atoms with Crippen LogP contribution in [0.15, 0.2) is 54.6 Å². The minimum Gasteiger partial charge on any atom is -0.434 e. The van der Waals surface area contributed by atoms with Crippen molar-refractivity contribution in [3.05, 3.63) is 65.7 Å². The van der Waals surface area contributed by atoms with Crippen LogP contribution in [-0.2, 0) is 10.3 Å². The van der Waals surface area contributed by atoms with Crippen LogP contribution in [0.1, 0.15) is 31.0 Å². The minimum atomic E-state index is -2.93. The summed E-state index contributed by atoms with van der Waals surface area (Å²) in [6.45, 7) is 0.358. The molecule has 2 atom stereocenters. The molecule has 0 fully saturated rings. The third-order valence-electron chi connectivity index (χ3n) is 3.79. The van der Waals surface area contributed by atoms with E-state index in [2.05, 4.69) is 10.1 Å². The van der Waals surface area contributed by atoms with Gasteiger partial charge in [-0.05, 0) is 25.5 Å². The molecule has 4 nitrogen and oxygen atoms in total. The van der Waals surface area contributed by atoms with E-state index in [1.807, 2.05) is 6.07 Å². The molecule has 0 aliphatic heterocycles. The fourth-order valence-corrected chi connectivity index (χ4v) is 2.38. The second kappa shape index (κ2) is 8.78. The molecule has 0 spiro atoms. The minimum absolute atomic E-state index is 0. The number of alkyl halides is 2. The number of halogens is 3. The van der Waals surface area contributed by atoms with Gasteiger partial charge in [0.05, 0.1) is 6.04 Å². The first-order valence-corrected chi connectivity index (χ1v) is 7.51. The van der Waals surface area contributed by atoms with E-state index in [9.17, 15) is 13.6 Å². The predicted molar refractivity (Wildman–Crippen MR) is 94.9 cm³/mol. The van der Waals surface area contributed by atoms with Crippen molar-refractivity contribution >= 4 is 18.3 Å². The Hall–Kier alpha value is -2.18. The molecule has 2 aromatic rings. The Morgan fingerprint density at radius 1 is 1.12 bits per heavy atom. The Balaban J connectivity index is 0.00000312. The van der Waals surface area contributed by atoms with Crippen LogP contribution in [0.5, 0.6) is 5.75 Å². The second-order valence-electron chi connectivity index (χ2n) is 5.68. The average Bonchev–Trinajstić information content (AvgIpc) is 2.55. The lowest BCUT2D eigenvalue weighted by atomic mass is 9.91. The number of amides is 1. The van der Waals surface area contributed by atoms with Gasteiger partial charge in [-0.25, -0.2) is 0 Å². The number of carbonyl (C=O) groups is 1. The van der Waals surface area contributed by atoms with Crippen molar-refractivity contribution in [2.75, 3.05) is 0 Å². The van der Waals surface area contributed by atoms with E-state index in [1.165, 1.54) is 6.07 Å². The summed E-state index contributed by atoms with van der Waals surface area (Å²) in [5, 5.41) is 2.76. The molecule has 0 bridgehead atoms. The average molecular weight is 371 g/mol. The normalized spacial score (nSPS) is 14.2. The number of rotatable bonds is 6. The van der Waals surface area contributed by atoms with E-state index in [4.69, 9.17) is 5.73 Å². The Labute approximate surface area is 151 Å². The maximum Gasteiger partial charge on any atom is 0.387 e. The van der Waals surface area contributed by atoms with Gasteiger partial charge in [-0.3, -0.25) is 4.79 Å². The summed E-state index contributed by atoms with van der Waals surface area (Å²) >= 11 is 0. The largest absolute Gasteiger partial charge is 0.434 e. The van der Waals surface area contributed by atoms with Crippen LogP contribution in [-0.4, -0.2) is 12.5 Å². The molecule has 2 aromatic carbocycles. The number of ether oxygens (including phenoxy) is 1. The quantitative estimate of drug-likeness (QED) is 0.813. The Kier molecular flexibility index (Phi) is 7.33. The van der Waals surface area contributed by atoms with Gasteiger partial charge in [0.25, 0.3) is 0 Å². The molecule has 2 unspecified atom stereocenters. The Bertz CT molecular complexity index is 696. The van der Waals surface area contributed by atoms with Crippen LogP contribution in [0.4, 0.5) is 8.78 Å². The number of carbonyl (C=O) groups excluding carboxylic acids is 1. The van der Waals surface area contributed by atoms with Gasteiger partial charge in [-0.2, -0.15) is 8.78 Å². The van der Waals surface area contributed by atoms with E-state index in [0.29, 0.717) is 11.1 Å². The van der Waals surface area contributed by atoms with Gasteiger partial charge in [-0.1, -0.05) is 48.5 Å². The van der Waals surface area contributed by atoms with Crippen molar-refractivity contribution in [2.24, 2.45) is 5.73 Å². The van der Waals surface area contributed by atoms with Crippen molar-refractivity contribution in [2.45, 2.75) is 32.0 Å². The first kappa shape index (κ1) is 20.9. The molecule has 7 heteroatoms. The van der Waals surface area contributed by atoms with Gasteiger partial charge < -0.3 is 15.8 Å². The van der Waals surface area contributed by atoms with Crippen LogP contribution in [0.25, 0.3) is 0 Å². The zero-order valence-corrected chi connectivity index (χ0v) is 14.7. The smallest absolute Gasteiger partial charge is 0.387 e. The van der Waals surface area contributed by atoms with Crippen LogP contribution >= 0.6 is 12.4 Å². The lowest BCUT2D eigenvalue weighted by molar-refractivity contribution is -0.126. The lowest BCUT2D eigenvalue weighted by Gasteiger charge is -2.27. The monoisotopic (exact) mass is 370 g/mol. The topological polar surface area (TPSA) is 64.4 Å². The molecule has 0 radical (unpaired) electrons. The highest BCUT2D eigenvalue weighted by molar-refractivity contribution is 5.87. The molecular formula is C18H21ClF2N2O2. The van der Waals surface area contributed by atoms with Gasteiger partial charge in [0, 0.05) is 5.56 Å². The van der Waals surface area contributed by atoms with E-state index in [0.717, 1.165) is 0 Å². The Morgan fingerprint density at radius 2 is 1.68 bits per heavy atom. The summed E-state index contributed by atoms with van der Waals surface area (Å²) in [5.74, 6) is -0.383. The maximum absolute atomic E-state index is 12.6. The molecule has 0 saturated heterocycles. The zero-order valence-electron chi connectivity index (χ0n) is 13.9. The highest BCUT2D eigenvalue weighted by Gasteiger charge is 2.31. The Morgan fingerprint density at radius 3 is 2.28 bits per heavy atom.